The lowest BCUT2D eigenvalue weighted by molar-refractivity contribution is 0.559. The molecule has 1 atom stereocenters. The van der Waals surface area contributed by atoms with Gasteiger partial charge in [0, 0.05) is 12.1 Å². The number of benzene rings is 1. The van der Waals surface area contributed by atoms with Crippen molar-refractivity contribution in [2.24, 2.45) is 0 Å². The summed E-state index contributed by atoms with van der Waals surface area (Å²) in [6.07, 6.45) is 4.93. The molecule has 0 unspecified atom stereocenters. The van der Waals surface area contributed by atoms with Crippen molar-refractivity contribution in [2.75, 3.05) is 11.4 Å². The first-order valence-electron chi connectivity index (χ1n) is 7.21. The summed E-state index contributed by atoms with van der Waals surface area (Å²) in [7, 11) is 0. The zero-order valence-corrected chi connectivity index (χ0v) is 14.1. The Bertz CT molecular complexity index is 881. The van der Waals surface area contributed by atoms with Crippen LogP contribution in [0, 0.1) is 15.2 Å². The van der Waals surface area contributed by atoms with Gasteiger partial charge in [0.1, 0.15) is 18.0 Å². The van der Waals surface area contributed by atoms with E-state index in [1.165, 1.54) is 12.1 Å². The van der Waals surface area contributed by atoms with Crippen molar-refractivity contribution < 1.29 is 8.78 Å². The molecule has 1 aromatic carbocycles. The van der Waals surface area contributed by atoms with Gasteiger partial charge in [-0.1, -0.05) is 0 Å². The summed E-state index contributed by atoms with van der Waals surface area (Å²) in [6.45, 7) is 0.710. The van der Waals surface area contributed by atoms with Crippen LogP contribution in [0.4, 0.5) is 14.7 Å². The van der Waals surface area contributed by atoms with Crippen LogP contribution < -0.4 is 4.90 Å². The lowest BCUT2D eigenvalue weighted by Crippen LogP contribution is -2.25. The van der Waals surface area contributed by atoms with Crippen LogP contribution >= 0.6 is 22.6 Å². The number of hydrogen-bond acceptors (Lipinski definition) is 4. The highest BCUT2D eigenvalue weighted by Crippen LogP contribution is 2.36. The molecule has 1 aliphatic heterocycles. The van der Waals surface area contributed by atoms with Crippen molar-refractivity contribution in [3.63, 3.8) is 0 Å². The first-order chi connectivity index (χ1) is 11.1. The minimum atomic E-state index is -0.435. The molecule has 5 nitrogen and oxygen atoms in total. The second-order valence-corrected chi connectivity index (χ2v) is 6.60. The molecule has 0 aliphatic carbocycles. The highest BCUT2D eigenvalue weighted by molar-refractivity contribution is 14.1. The molecule has 2 aromatic heterocycles. The van der Waals surface area contributed by atoms with E-state index in [1.807, 2.05) is 4.90 Å². The van der Waals surface area contributed by atoms with Crippen LogP contribution in [0.1, 0.15) is 24.4 Å². The average Bonchev–Trinajstić information content (AvgIpc) is 3.17. The number of fused-ring (bicyclic) bond motifs is 1. The molecule has 3 aromatic rings. The molecular weight excluding hydrogens is 415 g/mol. The Balaban J connectivity index is 1.76. The molecule has 118 valence electrons. The summed E-state index contributed by atoms with van der Waals surface area (Å²) in [5, 5.41) is 4.14. The SMILES string of the molecule is Fc1ccc(F)c([C@H]2CCCN2c2ncn3ncc(I)c3n2)c1. The van der Waals surface area contributed by atoms with Gasteiger partial charge in [-0.25, -0.2) is 18.3 Å². The Morgan fingerprint density at radius 3 is 3.00 bits per heavy atom. The lowest BCUT2D eigenvalue weighted by Gasteiger charge is -2.25. The molecule has 0 spiro atoms. The van der Waals surface area contributed by atoms with Gasteiger partial charge in [0.15, 0.2) is 5.65 Å². The summed E-state index contributed by atoms with van der Waals surface area (Å²) >= 11 is 2.16. The summed E-state index contributed by atoms with van der Waals surface area (Å²) in [5.74, 6) is -0.319. The maximum atomic E-state index is 14.1. The van der Waals surface area contributed by atoms with Gasteiger partial charge < -0.3 is 4.90 Å². The third-order valence-electron chi connectivity index (χ3n) is 4.04. The van der Waals surface area contributed by atoms with Crippen molar-refractivity contribution in [2.45, 2.75) is 18.9 Å². The summed E-state index contributed by atoms with van der Waals surface area (Å²) in [6, 6.07) is 3.31. The lowest BCUT2D eigenvalue weighted by atomic mass is 10.0. The first kappa shape index (κ1) is 14.7. The molecule has 1 fully saturated rings. The van der Waals surface area contributed by atoms with Gasteiger partial charge >= 0.3 is 0 Å². The zero-order valence-electron chi connectivity index (χ0n) is 12.0. The molecule has 0 radical (unpaired) electrons. The number of anilines is 1. The normalized spacial score (nSPS) is 18.0. The number of nitrogens with zero attached hydrogens (tertiary/aromatic N) is 5. The standard InChI is InChI=1S/C15H12F2IN5/c16-9-3-4-11(17)10(6-9)13-2-1-5-22(13)15-19-8-23-14(21-15)12(18)7-20-23/h3-4,6-8,13H,1-2,5H2/t13-/m1/s1. The maximum Gasteiger partial charge on any atom is 0.229 e. The fourth-order valence-electron chi connectivity index (χ4n) is 2.99. The van der Waals surface area contributed by atoms with Gasteiger partial charge in [-0.3, -0.25) is 0 Å². The van der Waals surface area contributed by atoms with Gasteiger partial charge in [0.05, 0.1) is 15.8 Å². The van der Waals surface area contributed by atoms with Crippen LogP contribution in [-0.2, 0) is 0 Å². The van der Waals surface area contributed by atoms with Crippen LogP contribution in [0.15, 0.2) is 30.7 Å². The number of hydrogen-bond donors (Lipinski definition) is 0. The fraction of sp³-hybridized carbons (Fsp3) is 0.267. The largest absolute Gasteiger partial charge is 0.334 e. The van der Waals surface area contributed by atoms with E-state index in [0.717, 1.165) is 22.5 Å². The molecular formula is C15H12F2IN5. The molecule has 3 heterocycles. The smallest absolute Gasteiger partial charge is 0.229 e. The van der Waals surface area contributed by atoms with E-state index < -0.39 is 11.6 Å². The quantitative estimate of drug-likeness (QED) is 0.589. The Hall–Kier alpha value is -1.84. The van der Waals surface area contributed by atoms with Crippen LogP contribution in [-0.4, -0.2) is 26.1 Å². The monoisotopic (exact) mass is 427 g/mol. The average molecular weight is 427 g/mol. The molecule has 4 rings (SSSR count). The van der Waals surface area contributed by atoms with Crippen molar-refractivity contribution in [1.82, 2.24) is 19.6 Å². The van der Waals surface area contributed by atoms with Crippen molar-refractivity contribution in [3.8, 4) is 0 Å². The molecule has 1 saturated heterocycles. The van der Waals surface area contributed by atoms with Gasteiger partial charge in [0.2, 0.25) is 5.95 Å². The van der Waals surface area contributed by atoms with Gasteiger partial charge in [-0.05, 0) is 53.6 Å². The minimum Gasteiger partial charge on any atom is -0.334 e. The zero-order chi connectivity index (χ0) is 16.0. The third kappa shape index (κ3) is 2.54. The number of halogens is 3. The maximum absolute atomic E-state index is 14.1. The van der Waals surface area contributed by atoms with E-state index in [2.05, 4.69) is 37.7 Å². The van der Waals surface area contributed by atoms with E-state index in [-0.39, 0.29) is 6.04 Å². The Morgan fingerprint density at radius 1 is 1.26 bits per heavy atom. The highest BCUT2D eigenvalue weighted by Gasteiger charge is 2.30. The third-order valence-corrected chi connectivity index (χ3v) is 4.80. The number of aromatic nitrogens is 4. The molecule has 0 saturated carbocycles. The summed E-state index contributed by atoms with van der Waals surface area (Å²) < 4.78 is 30.2. The van der Waals surface area contributed by atoms with Crippen LogP contribution in [0.5, 0.6) is 0 Å². The van der Waals surface area contributed by atoms with Crippen molar-refractivity contribution >= 4 is 34.2 Å². The second-order valence-electron chi connectivity index (χ2n) is 5.43. The fourth-order valence-corrected chi connectivity index (χ4v) is 3.48. The summed E-state index contributed by atoms with van der Waals surface area (Å²) in [4.78, 5) is 10.8. The van der Waals surface area contributed by atoms with Gasteiger partial charge in [0.25, 0.3) is 0 Å². The predicted molar refractivity (Wildman–Crippen MR) is 89.2 cm³/mol. The first-order valence-corrected chi connectivity index (χ1v) is 8.29. The minimum absolute atomic E-state index is 0.256. The van der Waals surface area contributed by atoms with Crippen LogP contribution in [0.25, 0.3) is 5.65 Å². The highest BCUT2D eigenvalue weighted by atomic mass is 127. The molecule has 8 heteroatoms. The van der Waals surface area contributed by atoms with Crippen molar-refractivity contribution in [1.29, 1.82) is 0 Å². The van der Waals surface area contributed by atoms with E-state index in [1.54, 1.807) is 17.0 Å². The van der Waals surface area contributed by atoms with E-state index >= 15 is 0 Å². The van der Waals surface area contributed by atoms with E-state index in [0.29, 0.717) is 23.7 Å². The molecule has 0 bridgehead atoms. The molecule has 1 aliphatic rings. The van der Waals surface area contributed by atoms with Crippen molar-refractivity contribution in [3.05, 3.63) is 51.5 Å². The van der Waals surface area contributed by atoms with Crippen LogP contribution in [0.3, 0.4) is 0 Å². The Labute approximate surface area is 144 Å². The van der Waals surface area contributed by atoms with E-state index in [4.69, 9.17) is 0 Å². The van der Waals surface area contributed by atoms with Crippen LogP contribution in [0.2, 0.25) is 0 Å². The Kier molecular flexibility index (Phi) is 3.63. The van der Waals surface area contributed by atoms with E-state index in [9.17, 15) is 8.78 Å². The number of rotatable bonds is 2. The molecule has 23 heavy (non-hydrogen) atoms. The van der Waals surface area contributed by atoms with Gasteiger partial charge in [-0.2, -0.15) is 10.1 Å². The summed E-state index contributed by atoms with van der Waals surface area (Å²) in [5.41, 5.74) is 1.06. The molecule has 0 N–H and O–H groups in total. The Morgan fingerprint density at radius 2 is 2.13 bits per heavy atom. The predicted octanol–water partition coefficient (Wildman–Crippen LogP) is 3.35. The van der Waals surface area contributed by atoms with Gasteiger partial charge in [-0.15, -0.1) is 0 Å². The molecule has 0 amide bonds. The second kappa shape index (κ2) is 5.66. The topological polar surface area (TPSA) is 46.3 Å².